The number of hydrogen-bond donors (Lipinski definition) is 1. The molecule has 1 aliphatic rings. The maximum Gasteiger partial charge on any atom is 0.310 e. The van der Waals surface area contributed by atoms with Crippen LogP contribution in [0.15, 0.2) is 36.4 Å². The molecule has 0 aromatic heterocycles. The molecule has 2 aromatic rings. The van der Waals surface area contributed by atoms with E-state index in [4.69, 9.17) is 14.2 Å². The Hall–Kier alpha value is -3.42. The van der Waals surface area contributed by atoms with Gasteiger partial charge in [0, 0.05) is 11.6 Å². The number of halogens is 1. The van der Waals surface area contributed by atoms with Crippen LogP contribution in [0.3, 0.4) is 0 Å². The number of ketones is 1. The van der Waals surface area contributed by atoms with Crippen LogP contribution < -0.4 is 14.8 Å². The Morgan fingerprint density at radius 2 is 1.89 bits per heavy atom. The summed E-state index contributed by atoms with van der Waals surface area (Å²) in [5, 5.41) is 2.52. The van der Waals surface area contributed by atoms with Gasteiger partial charge in [0.05, 0.1) is 12.1 Å². The fourth-order valence-corrected chi connectivity index (χ4v) is 2.53. The van der Waals surface area contributed by atoms with Crippen molar-refractivity contribution in [1.29, 1.82) is 0 Å². The van der Waals surface area contributed by atoms with E-state index in [1.807, 2.05) is 0 Å². The van der Waals surface area contributed by atoms with Crippen LogP contribution in [-0.2, 0) is 20.7 Å². The fraction of sp³-hybridized carbons (Fsp3) is 0.211. The number of carbonyl (C=O) groups is 3. The minimum absolute atomic E-state index is 0.0295. The number of amides is 1. The molecular weight excluding hydrogens is 357 g/mol. The first-order valence-electron chi connectivity index (χ1n) is 8.07. The van der Waals surface area contributed by atoms with Crippen LogP contribution in [0.2, 0.25) is 0 Å². The van der Waals surface area contributed by atoms with Gasteiger partial charge in [-0.05, 0) is 30.7 Å². The predicted molar refractivity (Wildman–Crippen MR) is 92.3 cm³/mol. The number of fused-ring (bicyclic) bond motifs is 1. The van der Waals surface area contributed by atoms with Crippen molar-refractivity contribution >= 4 is 23.3 Å². The van der Waals surface area contributed by atoms with Crippen LogP contribution in [-0.4, -0.2) is 31.1 Å². The summed E-state index contributed by atoms with van der Waals surface area (Å²) in [6, 6.07) is 8.50. The number of esters is 1. The molecule has 1 aliphatic heterocycles. The van der Waals surface area contributed by atoms with E-state index in [-0.39, 0.29) is 30.2 Å². The number of hydrogen-bond acceptors (Lipinski definition) is 6. The Morgan fingerprint density at radius 1 is 1.15 bits per heavy atom. The zero-order chi connectivity index (χ0) is 19.4. The van der Waals surface area contributed by atoms with Crippen LogP contribution in [0, 0.1) is 5.82 Å². The van der Waals surface area contributed by atoms with Gasteiger partial charge in [-0.2, -0.15) is 0 Å². The van der Waals surface area contributed by atoms with E-state index < -0.39 is 24.3 Å². The molecule has 140 valence electrons. The summed E-state index contributed by atoms with van der Waals surface area (Å²) >= 11 is 0. The van der Waals surface area contributed by atoms with Gasteiger partial charge in [0.1, 0.15) is 5.82 Å². The van der Waals surface area contributed by atoms with Gasteiger partial charge in [-0.15, -0.1) is 0 Å². The van der Waals surface area contributed by atoms with Crippen molar-refractivity contribution in [2.24, 2.45) is 0 Å². The third-order valence-corrected chi connectivity index (χ3v) is 3.77. The van der Waals surface area contributed by atoms with E-state index in [9.17, 15) is 18.8 Å². The highest BCUT2D eigenvalue weighted by Crippen LogP contribution is 2.37. The summed E-state index contributed by atoms with van der Waals surface area (Å²) in [7, 11) is 0. The monoisotopic (exact) mass is 373 g/mol. The van der Waals surface area contributed by atoms with Gasteiger partial charge in [-0.25, -0.2) is 4.39 Å². The first-order chi connectivity index (χ1) is 12.9. The first kappa shape index (κ1) is 18.4. The molecule has 0 atom stereocenters. The third-order valence-electron chi connectivity index (χ3n) is 3.77. The number of carbonyl (C=O) groups excluding carboxylic acids is 3. The molecule has 0 bridgehead atoms. The number of Topliss-reactive ketones (excluding diaryl/α,β-unsaturated/α-hetero) is 1. The molecule has 1 amide bonds. The fourth-order valence-electron chi connectivity index (χ4n) is 2.53. The lowest BCUT2D eigenvalue weighted by atomic mass is 10.1. The Kier molecular flexibility index (Phi) is 5.35. The zero-order valence-corrected chi connectivity index (χ0v) is 14.4. The van der Waals surface area contributed by atoms with E-state index in [0.29, 0.717) is 17.1 Å². The molecule has 0 fully saturated rings. The lowest BCUT2D eigenvalue weighted by Gasteiger charge is -2.11. The maximum absolute atomic E-state index is 13.1. The Bertz CT molecular complexity index is 911. The maximum atomic E-state index is 13.1. The van der Waals surface area contributed by atoms with Crippen LogP contribution in [0.4, 0.5) is 10.1 Å². The van der Waals surface area contributed by atoms with Gasteiger partial charge in [0.25, 0.3) is 5.91 Å². The number of benzene rings is 2. The molecule has 2 aromatic carbocycles. The quantitative estimate of drug-likeness (QED) is 0.618. The van der Waals surface area contributed by atoms with E-state index in [1.54, 1.807) is 6.07 Å². The molecule has 0 spiro atoms. The van der Waals surface area contributed by atoms with Crippen molar-refractivity contribution in [3.8, 4) is 11.5 Å². The van der Waals surface area contributed by atoms with Crippen LogP contribution in [0.25, 0.3) is 0 Å². The molecule has 1 N–H and O–H groups in total. The van der Waals surface area contributed by atoms with Crippen LogP contribution >= 0.6 is 0 Å². The van der Waals surface area contributed by atoms with Gasteiger partial charge < -0.3 is 19.5 Å². The molecule has 3 rings (SSSR count). The molecule has 27 heavy (non-hydrogen) atoms. The van der Waals surface area contributed by atoms with Crippen molar-refractivity contribution in [3.05, 3.63) is 53.3 Å². The molecular formula is C19H16FNO6. The van der Waals surface area contributed by atoms with Gasteiger partial charge >= 0.3 is 5.97 Å². The SMILES string of the molecule is CC(=O)c1cc2c(cc1NC(=O)COC(=O)Cc1cccc(F)c1)OCO2. The summed E-state index contributed by atoms with van der Waals surface area (Å²) in [6.07, 6.45) is -0.159. The second-order valence-electron chi connectivity index (χ2n) is 5.82. The first-order valence-corrected chi connectivity index (χ1v) is 8.07. The van der Waals surface area contributed by atoms with Crippen LogP contribution in [0.5, 0.6) is 11.5 Å². The summed E-state index contributed by atoms with van der Waals surface area (Å²) in [6.45, 7) is 0.841. The highest BCUT2D eigenvalue weighted by atomic mass is 19.1. The Labute approximate surface area is 154 Å². The highest BCUT2D eigenvalue weighted by molar-refractivity contribution is 6.05. The second kappa shape index (κ2) is 7.86. The Morgan fingerprint density at radius 3 is 2.59 bits per heavy atom. The van der Waals surface area contributed by atoms with Crippen molar-refractivity contribution in [1.82, 2.24) is 0 Å². The topological polar surface area (TPSA) is 90.9 Å². The van der Waals surface area contributed by atoms with E-state index in [0.717, 1.165) is 0 Å². The van der Waals surface area contributed by atoms with E-state index in [1.165, 1.54) is 37.3 Å². The zero-order valence-electron chi connectivity index (χ0n) is 14.4. The summed E-state index contributed by atoms with van der Waals surface area (Å²) in [5.41, 5.74) is 0.923. The van der Waals surface area contributed by atoms with Gasteiger partial charge in [0.2, 0.25) is 6.79 Å². The molecule has 1 heterocycles. The number of ether oxygens (including phenoxy) is 3. The van der Waals surface area contributed by atoms with Crippen molar-refractivity contribution in [2.45, 2.75) is 13.3 Å². The van der Waals surface area contributed by atoms with Gasteiger partial charge in [0.15, 0.2) is 23.9 Å². The number of nitrogens with one attached hydrogen (secondary N) is 1. The van der Waals surface area contributed by atoms with Crippen molar-refractivity contribution < 1.29 is 33.0 Å². The molecule has 8 heteroatoms. The average Bonchev–Trinajstić information content (AvgIpc) is 3.06. The largest absolute Gasteiger partial charge is 0.455 e. The smallest absolute Gasteiger partial charge is 0.310 e. The standard InChI is InChI=1S/C19H16FNO6/c1-11(22)14-7-16-17(27-10-26-16)8-15(14)21-18(23)9-25-19(24)6-12-3-2-4-13(20)5-12/h2-5,7-8H,6,9-10H2,1H3,(H,21,23). The highest BCUT2D eigenvalue weighted by Gasteiger charge is 2.20. The minimum Gasteiger partial charge on any atom is -0.455 e. The molecule has 0 aliphatic carbocycles. The normalized spacial score (nSPS) is 11.8. The molecule has 7 nitrogen and oxygen atoms in total. The molecule has 0 unspecified atom stereocenters. The summed E-state index contributed by atoms with van der Waals surface area (Å²) in [5.74, 6) is -1.21. The molecule has 0 radical (unpaired) electrons. The van der Waals surface area contributed by atoms with Crippen molar-refractivity contribution in [3.63, 3.8) is 0 Å². The predicted octanol–water partition coefficient (Wildman–Crippen LogP) is 2.48. The third kappa shape index (κ3) is 4.60. The van der Waals surface area contributed by atoms with Crippen molar-refractivity contribution in [2.75, 3.05) is 18.7 Å². The number of rotatable bonds is 6. The Balaban J connectivity index is 1.59. The minimum atomic E-state index is -0.673. The van der Waals surface area contributed by atoms with Gasteiger partial charge in [-0.1, -0.05) is 12.1 Å². The summed E-state index contributed by atoms with van der Waals surface area (Å²) in [4.78, 5) is 35.6. The van der Waals surface area contributed by atoms with Crippen LogP contribution in [0.1, 0.15) is 22.8 Å². The second-order valence-corrected chi connectivity index (χ2v) is 5.82. The summed E-state index contributed by atoms with van der Waals surface area (Å²) < 4.78 is 28.4. The lowest BCUT2D eigenvalue weighted by molar-refractivity contribution is -0.146. The molecule has 0 saturated carbocycles. The van der Waals surface area contributed by atoms with E-state index >= 15 is 0 Å². The molecule has 0 saturated heterocycles. The lowest BCUT2D eigenvalue weighted by Crippen LogP contribution is -2.22. The average molecular weight is 373 g/mol. The van der Waals surface area contributed by atoms with Gasteiger partial charge in [-0.3, -0.25) is 14.4 Å². The van der Waals surface area contributed by atoms with E-state index in [2.05, 4.69) is 5.32 Å². The number of anilines is 1.